The van der Waals surface area contributed by atoms with Crippen molar-refractivity contribution in [1.29, 1.82) is 0 Å². The molecule has 0 saturated heterocycles. The molecule has 0 unspecified atom stereocenters. The van der Waals surface area contributed by atoms with Gasteiger partial charge in [0.1, 0.15) is 5.75 Å². The average molecular weight is 348 g/mol. The molecule has 0 aliphatic heterocycles. The van der Waals surface area contributed by atoms with Crippen LogP contribution in [-0.2, 0) is 4.74 Å². The molecule has 24 heavy (non-hydrogen) atoms. The largest absolute Gasteiger partial charge is 0.495 e. The topological polar surface area (TPSA) is 55.8 Å². The molecule has 0 amide bonds. The average Bonchev–Trinajstić information content (AvgIpc) is 2.59. The van der Waals surface area contributed by atoms with Crippen molar-refractivity contribution >= 4 is 29.0 Å². The zero-order chi connectivity index (χ0) is 17.7. The molecular formula is C18H18ClNO4. The number of Topliss-reactive ketones (excluding diaryl/α,β-unsaturated/α-hetero) is 1. The molecule has 0 radical (unpaired) electrons. The summed E-state index contributed by atoms with van der Waals surface area (Å²) < 4.78 is 10.1. The van der Waals surface area contributed by atoms with Gasteiger partial charge in [-0.3, -0.25) is 4.79 Å². The predicted octanol–water partition coefficient (Wildman–Crippen LogP) is 3.45. The highest BCUT2D eigenvalue weighted by atomic mass is 35.5. The second kappa shape index (κ2) is 7.84. The number of nitrogens with zero attached hydrogens (tertiary/aromatic N) is 1. The van der Waals surface area contributed by atoms with Crippen LogP contribution in [0.15, 0.2) is 42.5 Å². The van der Waals surface area contributed by atoms with Crippen LogP contribution in [0.5, 0.6) is 5.75 Å². The summed E-state index contributed by atoms with van der Waals surface area (Å²) in [4.78, 5) is 26.0. The summed E-state index contributed by atoms with van der Waals surface area (Å²) in [5.41, 5.74) is 1.72. The SMILES string of the molecule is COc1ccc(C(=O)COC(=O)c2ccc(N(C)C)cc2)cc1Cl. The molecule has 5 nitrogen and oxygen atoms in total. The lowest BCUT2D eigenvalue weighted by atomic mass is 10.1. The molecule has 0 spiro atoms. The van der Waals surface area contributed by atoms with E-state index in [9.17, 15) is 9.59 Å². The fourth-order valence-electron chi connectivity index (χ4n) is 2.03. The van der Waals surface area contributed by atoms with E-state index >= 15 is 0 Å². The van der Waals surface area contributed by atoms with E-state index in [1.165, 1.54) is 13.2 Å². The molecule has 2 rings (SSSR count). The molecule has 0 aliphatic rings. The van der Waals surface area contributed by atoms with Gasteiger partial charge in [0.15, 0.2) is 12.4 Å². The van der Waals surface area contributed by atoms with Crippen molar-refractivity contribution < 1.29 is 19.1 Å². The Morgan fingerprint density at radius 2 is 1.67 bits per heavy atom. The summed E-state index contributed by atoms with van der Waals surface area (Å²) >= 11 is 5.98. The summed E-state index contributed by atoms with van der Waals surface area (Å²) in [5.74, 6) is -0.405. The second-order valence-corrected chi connectivity index (χ2v) is 5.70. The third-order valence-corrected chi connectivity index (χ3v) is 3.72. The van der Waals surface area contributed by atoms with Crippen LogP contribution in [0, 0.1) is 0 Å². The van der Waals surface area contributed by atoms with Crippen LogP contribution in [0.2, 0.25) is 5.02 Å². The smallest absolute Gasteiger partial charge is 0.338 e. The Morgan fingerprint density at radius 1 is 1.04 bits per heavy atom. The molecule has 126 valence electrons. The fraction of sp³-hybridized carbons (Fsp3) is 0.222. The highest BCUT2D eigenvalue weighted by Gasteiger charge is 2.13. The van der Waals surface area contributed by atoms with Crippen LogP contribution in [0.3, 0.4) is 0 Å². The van der Waals surface area contributed by atoms with Gasteiger partial charge in [-0.1, -0.05) is 11.6 Å². The molecule has 0 heterocycles. The van der Waals surface area contributed by atoms with Crippen LogP contribution in [-0.4, -0.2) is 39.6 Å². The number of ketones is 1. The van der Waals surface area contributed by atoms with E-state index < -0.39 is 5.97 Å². The van der Waals surface area contributed by atoms with Crippen LogP contribution in [0.25, 0.3) is 0 Å². The normalized spacial score (nSPS) is 10.2. The summed E-state index contributed by atoms with van der Waals surface area (Å²) in [5, 5.41) is 0.328. The predicted molar refractivity (Wildman–Crippen MR) is 93.4 cm³/mol. The van der Waals surface area contributed by atoms with E-state index in [2.05, 4.69) is 0 Å². The molecule has 2 aromatic rings. The highest BCUT2D eigenvalue weighted by molar-refractivity contribution is 6.32. The van der Waals surface area contributed by atoms with E-state index in [1.54, 1.807) is 24.3 Å². The van der Waals surface area contributed by atoms with E-state index in [0.29, 0.717) is 21.9 Å². The van der Waals surface area contributed by atoms with Crippen molar-refractivity contribution in [2.45, 2.75) is 0 Å². The van der Waals surface area contributed by atoms with Crippen LogP contribution >= 0.6 is 11.6 Å². The van der Waals surface area contributed by atoms with Gasteiger partial charge in [0.2, 0.25) is 0 Å². The van der Waals surface area contributed by atoms with Crippen molar-refractivity contribution in [3.8, 4) is 5.75 Å². The highest BCUT2D eigenvalue weighted by Crippen LogP contribution is 2.25. The minimum atomic E-state index is -0.548. The molecule has 0 bridgehead atoms. The van der Waals surface area contributed by atoms with Gasteiger partial charge < -0.3 is 14.4 Å². The number of carbonyl (C=O) groups is 2. The minimum absolute atomic E-state index is 0.328. The van der Waals surface area contributed by atoms with Gasteiger partial charge in [-0.2, -0.15) is 0 Å². The standard InChI is InChI=1S/C18H18ClNO4/c1-20(2)14-7-4-12(5-8-14)18(22)24-11-16(21)13-6-9-17(23-3)15(19)10-13/h4-10H,11H2,1-3H3. The van der Waals surface area contributed by atoms with E-state index in [0.717, 1.165) is 5.69 Å². The first kappa shape index (κ1) is 17.8. The number of anilines is 1. The number of hydrogen-bond donors (Lipinski definition) is 0. The summed E-state index contributed by atoms with van der Waals surface area (Å²) in [6.45, 7) is -0.350. The zero-order valence-corrected chi connectivity index (χ0v) is 14.5. The van der Waals surface area contributed by atoms with E-state index in [-0.39, 0.29) is 12.4 Å². The summed E-state index contributed by atoms with van der Waals surface area (Å²) in [6.07, 6.45) is 0. The van der Waals surface area contributed by atoms with Gasteiger partial charge in [0.25, 0.3) is 0 Å². The molecule has 0 atom stereocenters. The number of rotatable bonds is 6. The van der Waals surface area contributed by atoms with Gasteiger partial charge in [0.05, 0.1) is 17.7 Å². The van der Waals surface area contributed by atoms with E-state index in [1.807, 2.05) is 31.1 Å². The molecule has 0 N–H and O–H groups in total. The van der Waals surface area contributed by atoms with Crippen molar-refractivity contribution in [1.82, 2.24) is 0 Å². The summed E-state index contributed by atoms with van der Waals surface area (Å²) in [6, 6.07) is 11.6. The number of methoxy groups -OCH3 is 1. The summed E-state index contributed by atoms with van der Waals surface area (Å²) in [7, 11) is 5.31. The second-order valence-electron chi connectivity index (χ2n) is 5.29. The van der Waals surface area contributed by atoms with Crippen LogP contribution < -0.4 is 9.64 Å². The maximum atomic E-state index is 12.1. The lowest BCUT2D eigenvalue weighted by Gasteiger charge is -2.12. The maximum Gasteiger partial charge on any atom is 0.338 e. The quantitative estimate of drug-likeness (QED) is 0.591. The number of ether oxygens (including phenoxy) is 2. The number of halogens is 1. The maximum absolute atomic E-state index is 12.1. The number of hydrogen-bond acceptors (Lipinski definition) is 5. The number of carbonyl (C=O) groups excluding carboxylic acids is 2. The van der Waals surface area contributed by atoms with Crippen molar-refractivity contribution in [2.24, 2.45) is 0 Å². The van der Waals surface area contributed by atoms with Gasteiger partial charge in [-0.05, 0) is 42.5 Å². The molecule has 0 saturated carbocycles. The fourth-order valence-corrected chi connectivity index (χ4v) is 2.29. The number of esters is 1. The monoisotopic (exact) mass is 347 g/mol. The van der Waals surface area contributed by atoms with Crippen molar-refractivity contribution in [2.75, 3.05) is 32.7 Å². The van der Waals surface area contributed by atoms with Gasteiger partial charge >= 0.3 is 5.97 Å². The first-order valence-corrected chi connectivity index (χ1v) is 7.61. The number of benzene rings is 2. The van der Waals surface area contributed by atoms with E-state index in [4.69, 9.17) is 21.1 Å². The third kappa shape index (κ3) is 4.26. The Bertz CT molecular complexity index is 741. The molecule has 0 aliphatic carbocycles. The lowest BCUT2D eigenvalue weighted by molar-refractivity contribution is 0.0475. The van der Waals surface area contributed by atoms with Crippen molar-refractivity contribution in [3.05, 3.63) is 58.6 Å². The Kier molecular flexibility index (Phi) is 5.82. The van der Waals surface area contributed by atoms with Gasteiger partial charge in [-0.25, -0.2) is 4.79 Å². The van der Waals surface area contributed by atoms with Crippen LogP contribution in [0.4, 0.5) is 5.69 Å². The van der Waals surface area contributed by atoms with Crippen molar-refractivity contribution in [3.63, 3.8) is 0 Å². The molecular weight excluding hydrogens is 330 g/mol. The molecule has 2 aromatic carbocycles. The van der Waals surface area contributed by atoms with Gasteiger partial charge in [-0.15, -0.1) is 0 Å². The van der Waals surface area contributed by atoms with Crippen LogP contribution in [0.1, 0.15) is 20.7 Å². The first-order chi connectivity index (χ1) is 11.4. The Morgan fingerprint density at radius 3 is 2.21 bits per heavy atom. The Hall–Kier alpha value is -2.53. The first-order valence-electron chi connectivity index (χ1n) is 7.23. The third-order valence-electron chi connectivity index (χ3n) is 3.43. The Balaban J connectivity index is 1.98. The van der Waals surface area contributed by atoms with Gasteiger partial charge in [0, 0.05) is 25.3 Å². The molecule has 0 fully saturated rings. The molecule has 0 aromatic heterocycles. The minimum Gasteiger partial charge on any atom is -0.495 e. The Labute approximate surface area is 145 Å². The molecule has 6 heteroatoms. The zero-order valence-electron chi connectivity index (χ0n) is 13.7. The lowest BCUT2D eigenvalue weighted by Crippen LogP contribution is -2.14.